The topological polar surface area (TPSA) is 85.7 Å². The average molecular weight is 475 g/mol. The minimum Gasteiger partial charge on any atom is -0.491 e. The molecule has 182 valence electrons. The molecule has 35 heavy (non-hydrogen) atoms. The molecule has 2 aliphatic heterocycles. The maximum absolute atomic E-state index is 13.7. The Morgan fingerprint density at radius 3 is 2.71 bits per heavy atom. The number of aryl methyl sites for hydroxylation is 1. The van der Waals surface area contributed by atoms with E-state index in [9.17, 15) is 9.59 Å². The number of rotatable bonds is 4. The van der Waals surface area contributed by atoms with E-state index in [2.05, 4.69) is 9.88 Å². The fourth-order valence-electron chi connectivity index (χ4n) is 5.30. The number of nitrogens with one attached hydrogen (secondary N) is 1. The van der Waals surface area contributed by atoms with Crippen LogP contribution < -0.4 is 10.1 Å². The van der Waals surface area contributed by atoms with Gasteiger partial charge in [0.1, 0.15) is 24.3 Å². The summed E-state index contributed by atoms with van der Waals surface area (Å²) in [5.74, 6) is 1.98. The van der Waals surface area contributed by atoms with Crippen LogP contribution in [-0.4, -0.2) is 52.1 Å². The second-order valence-corrected chi connectivity index (χ2v) is 9.72. The molecule has 2 fully saturated rings. The number of amides is 2. The number of fused-ring (bicyclic) bond motifs is 2. The molecule has 1 atom stereocenters. The van der Waals surface area contributed by atoms with Crippen LogP contribution in [-0.2, 0) is 23.1 Å². The molecule has 3 heterocycles. The Kier molecular flexibility index (Phi) is 5.68. The minimum absolute atomic E-state index is 0.101. The number of para-hydroxylation sites is 1. The lowest BCUT2D eigenvalue weighted by molar-refractivity contribution is -0.124. The van der Waals surface area contributed by atoms with Gasteiger partial charge in [-0.25, -0.2) is 4.98 Å². The lowest BCUT2D eigenvalue weighted by Crippen LogP contribution is -2.32. The van der Waals surface area contributed by atoms with E-state index in [1.807, 2.05) is 37.4 Å². The van der Waals surface area contributed by atoms with Crippen molar-refractivity contribution < 1.29 is 19.1 Å². The third kappa shape index (κ3) is 4.05. The largest absolute Gasteiger partial charge is 0.491 e. The van der Waals surface area contributed by atoms with Gasteiger partial charge in [0.2, 0.25) is 0 Å². The van der Waals surface area contributed by atoms with E-state index in [1.54, 1.807) is 11.0 Å². The summed E-state index contributed by atoms with van der Waals surface area (Å²) in [6.07, 6.45) is 4.57. The molecular formula is C27H30N4O4. The Morgan fingerprint density at radius 1 is 1.09 bits per heavy atom. The van der Waals surface area contributed by atoms with Gasteiger partial charge in [0.05, 0.1) is 23.3 Å². The van der Waals surface area contributed by atoms with Crippen molar-refractivity contribution in [3.8, 4) is 5.75 Å². The molecule has 2 amide bonds. The third-order valence-electron chi connectivity index (χ3n) is 7.44. The van der Waals surface area contributed by atoms with Crippen molar-refractivity contribution in [2.75, 3.05) is 25.1 Å². The van der Waals surface area contributed by atoms with E-state index in [4.69, 9.17) is 14.5 Å². The van der Waals surface area contributed by atoms with Crippen molar-refractivity contribution in [2.24, 2.45) is 7.05 Å². The fourth-order valence-corrected chi connectivity index (χ4v) is 5.30. The van der Waals surface area contributed by atoms with Crippen molar-refractivity contribution in [3.05, 3.63) is 53.3 Å². The molecule has 3 aromatic rings. The summed E-state index contributed by atoms with van der Waals surface area (Å²) in [4.78, 5) is 33.4. The summed E-state index contributed by atoms with van der Waals surface area (Å²) < 4.78 is 13.5. The second-order valence-electron chi connectivity index (χ2n) is 9.72. The van der Waals surface area contributed by atoms with Gasteiger partial charge in [-0.15, -0.1) is 0 Å². The van der Waals surface area contributed by atoms with Crippen molar-refractivity contribution >= 4 is 28.5 Å². The number of carbonyl (C=O) groups is 2. The van der Waals surface area contributed by atoms with Crippen LogP contribution in [0.1, 0.15) is 59.8 Å². The summed E-state index contributed by atoms with van der Waals surface area (Å²) >= 11 is 0. The Labute approximate surface area is 204 Å². The van der Waals surface area contributed by atoms with Crippen LogP contribution in [0.5, 0.6) is 5.75 Å². The summed E-state index contributed by atoms with van der Waals surface area (Å²) in [6, 6.07) is 11.5. The quantitative estimate of drug-likeness (QED) is 0.618. The van der Waals surface area contributed by atoms with Crippen LogP contribution >= 0.6 is 0 Å². The molecule has 1 saturated heterocycles. The van der Waals surface area contributed by atoms with Crippen molar-refractivity contribution in [3.63, 3.8) is 0 Å². The number of nitrogens with zero attached hydrogens (tertiary/aromatic N) is 3. The number of hydrogen-bond donors (Lipinski definition) is 1. The molecule has 0 spiro atoms. The molecule has 8 nitrogen and oxygen atoms in total. The summed E-state index contributed by atoms with van der Waals surface area (Å²) in [5.41, 5.74) is 3.68. The van der Waals surface area contributed by atoms with Gasteiger partial charge in [0, 0.05) is 37.2 Å². The molecule has 2 aromatic carbocycles. The van der Waals surface area contributed by atoms with Crippen LogP contribution in [0.25, 0.3) is 11.0 Å². The predicted molar refractivity (Wildman–Crippen MR) is 132 cm³/mol. The molecule has 1 aliphatic carbocycles. The Bertz CT molecular complexity index is 1290. The predicted octanol–water partition coefficient (Wildman–Crippen LogP) is 3.99. The number of benzene rings is 2. The fraction of sp³-hybridized carbons (Fsp3) is 0.444. The average Bonchev–Trinajstić information content (AvgIpc) is 3.41. The molecule has 1 saturated carbocycles. The van der Waals surface area contributed by atoms with E-state index < -0.39 is 6.10 Å². The maximum Gasteiger partial charge on any atom is 0.254 e. The number of anilines is 1. The smallest absolute Gasteiger partial charge is 0.254 e. The van der Waals surface area contributed by atoms with Crippen LogP contribution in [0.2, 0.25) is 0 Å². The first kappa shape index (κ1) is 22.1. The number of aromatic nitrogens is 2. The van der Waals surface area contributed by atoms with Gasteiger partial charge in [-0.1, -0.05) is 24.6 Å². The normalized spacial score (nSPS) is 20.1. The molecule has 1 aromatic heterocycles. The molecule has 1 N–H and O–H groups in total. The SMILES string of the molecule is Cn1c(C2CCC2)nc2cc(C(=O)N3CCOc4ccccc4C3)cc(NC(=O)C3CCCO3)c21. The van der Waals surface area contributed by atoms with E-state index in [0.717, 1.165) is 47.4 Å². The van der Waals surface area contributed by atoms with Crippen LogP contribution in [0.4, 0.5) is 5.69 Å². The summed E-state index contributed by atoms with van der Waals surface area (Å²) in [5, 5.41) is 3.06. The van der Waals surface area contributed by atoms with Crippen LogP contribution in [0.3, 0.4) is 0 Å². The van der Waals surface area contributed by atoms with E-state index in [1.165, 1.54) is 6.42 Å². The lowest BCUT2D eigenvalue weighted by atomic mass is 9.85. The number of imidazole rings is 1. The number of ether oxygens (including phenoxy) is 2. The lowest BCUT2D eigenvalue weighted by Gasteiger charge is -2.24. The molecule has 8 heteroatoms. The van der Waals surface area contributed by atoms with Crippen molar-refractivity contribution in [1.82, 2.24) is 14.5 Å². The molecule has 3 aliphatic rings. The van der Waals surface area contributed by atoms with Crippen molar-refractivity contribution in [1.29, 1.82) is 0 Å². The first-order valence-electron chi connectivity index (χ1n) is 12.5. The zero-order chi connectivity index (χ0) is 23.9. The van der Waals surface area contributed by atoms with Gasteiger partial charge in [-0.2, -0.15) is 0 Å². The molecule has 1 unspecified atom stereocenters. The molecule has 6 rings (SSSR count). The van der Waals surface area contributed by atoms with Gasteiger partial charge in [-0.3, -0.25) is 9.59 Å². The highest BCUT2D eigenvalue weighted by Crippen LogP contribution is 2.38. The maximum atomic E-state index is 13.7. The third-order valence-corrected chi connectivity index (χ3v) is 7.44. The zero-order valence-corrected chi connectivity index (χ0v) is 20.0. The van der Waals surface area contributed by atoms with Gasteiger partial charge in [0.15, 0.2) is 0 Å². The summed E-state index contributed by atoms with van der Waals surface area (Å²) in [7, 11) is 2.00. The van der Waals surface area contributed by atoms with Gasteiger partial charge >= 0.3 is 0 Å². The number of hydrogen-bond acceptors (Lipinski definition) is 5. The Hall–Kier alpha value is -3.39. The highest BCUT2D eigenvalue weighted by molar-refractivity contribution is 6.06. The molecular weight excluding hydrogens is 444 g/mol. The highest BCUT2D eigenvalue weighted by atomic mass is 16.5. The van der Waals surface area contributed by atoms with E-state index >= 15 is 0 Å². The Morgan fingerprint density at radius 2 is 1.94 bits per heavy atom. The van der Waals surface area contributed by atoms with Crippen LogP contribution in [0, 0.1) is 0 Å². The number of carbonyl (C=O) groups excluding carboxylic acids is 2. The van der Waals surface area contributed by atoms with Gasteiger partial charge in [0.25, 0.3) is 11.8 Å². The van der Waals surface area contributed by atoms with E-state index in [0.29, 0.717) is 49.9 Å². The monoisotopic (exact) mass is 474 g/mol. The van der Waals surface area contributed by atoms with E-state index in [-0.39, 0.29) is 11.8 Å². The zero-order valence-electron chi connectivity index (χ0n) is 20.0. The second kappa shape index (κ2) is 9.00. The molecule has 0 radical (unpaired) electrons. The Balaban J connectivity index is 1.37. The minimum atomic E-state index is -0.456. The standard InChI is InChI=1S/C27H30N4O4/c1-30-24-20(28-25(30)17-7-4-8-17)14-19(15-21(24)29-26(32)23-10-5-12-34-23)27(33)31-11-13-35-22-9-3-2-6-18(22)16-31/h2-3,6,9,14-15,17,23H,4-5,7-8,10-13,16H2,1H3,(H,29,32). The van der Waals surface area contributed by atoms with Gasteiger partial charge < -0.3 is 24.3 Å². The highest BCUT2D eigenvalue weighted by Gasteiger charge is 2.29. The van der Waals surface area contributed by atoms with Crippen molar-refractivity contribution in [2.45, 2.75) is 50.7 Å². The van der Waals surface area contributed by atoms with Crippen LogP contribution in [0.15, 0.2) is 36.4 Å². The van der Waals surface area contributed by atoms with Gasteiger partial charge in [-0.05, 0) is 43.9 Å². The first-order valence-corrected chi connectivity index (χ1v) is 12.5. The molecule has 0 bridgehead atoms. The first-order chi connectivity index (χ1) is 17.1. The summed E-state index contributed by atoms with van der Waals surface area (Å²) in [6.45, 7) is 1.99.